The third-order valence-corrected chi connectivity index (χ3v) is 6.66. The number of fused-ring (bicyclic) bond motifs is 2. The van der Waals surface area contributed by atoms with Crippen LogP contribution in [0.5, 0.6) is 0 Å². The molecule has 2 heterocycles. The zero-order chi connectivity index (χ0) is 17.5. The molecule has 1 aliphatic heterocycles. The van der Waals surface area contributed by atoms with E-state index in [0.717, 1.165) is 12.8 Å². The van der Waals surface area contributed by atoms with E-state index in [9.17, 15) is 14.4 Å². The lowest BCUT2D eigenvalue weighted by Crippen LogP contribution is -2.59. The molecule has 1 aromatic heterocycles. The summed E-state index contributed by atoms with van der Waals surface area (Å²) in [5, 5.41) is 5.07. The Balaban J connectivity index is 1.59. The molecular weight excluding hydrogens is 326 g/mol. The first-order valence-corrected chi connectivity index (χ1v) is 9.20. The van der Waals surface area contributed by atoms with Gasteiger partial charge in [-0.25, -0.2) is 4.98 Å². The molecule has 2 fully saturated rings. The quantitative estimate of drug-likeness (QED) is 0.829. The molecule has 2 bridgehead atoms. The Kier molecular flexibility index (Phi) is 4.23. The van der Waals surface area contributed by atoms with E-state index in [1.54, 1.807) is 11.6 Å². The van der Waals surface area contributed by atoms with E-state index in [1.807, 2.05) is 20.8 Å². The van der Waals surface area contributed by atoms with Gasteiger partial charge < -0.3 is 5.32 Å². The predicted molar refractivity (Wildman–Crippen MR) is 91.3 cm³/mol. The van der Waals surface area contributed by atoms with Gasteiger partial charge in [-0.05, 0) is 24.7 Å². The standard InChI is InChI=1S/C17H23N3O3S/c1-16(2)11-6-7-17(16,3)14(23)20(13(11)22)9-4-5-12(21)19-15-18-8-10-24-15/h8,10-11H,4-7,9H2,1-3H3,(H,18,19,21). The molecule has 3 rings (SSSR count). The van der Waals surface area contributed by atoms with Crippen LogP contribution in [0.25, 0.3) is 0 Å². The molecule has 2 aliphatic rings. The highest BCUT2D eigenvalue weighted by Crippen LogP contribution is 2.60. The molecule has 1 saturated heterocycles. The number of carbonyl (C=O) groups is 3. The minimum absolute atomic E-state index is 0.0692. The second kappa shape index (κ2) is 5.95. The third kappa shape index (κ3) is 2.55. The summed E-state index contributed by atoms with van der Waals surface area (Å²) in [6.45, 7) is 6.34. The number of aromatic nitrogens is 1. The molecule has 3 amide bonds. The van der Waals surface area contributed by atoms with Crippen molar-refractivity contribution < 1.29 is 14.4 Å². The first kappa shape index (κ1) is 17.1. The number of imide groups is 1. The smallest absolute Gasteiger partial charge is 0.235 e. The Hall–Kier alpha value is -1.76. The average molecular weight is 349 g/mol. The summed E-state index contributed by atoms with van der Waals surface area (Å²) in [7, 11) is 0. The van der Waals surface area contributed by atoms with Crippen LogP contribution in [0.1, 0.15) is 46.5 Å². The number of amides is 3. The molecule has 130 valence electrons. The van der Waals surface area contributed by atoms with E-state index in [0.29, 0.717) is 18.1 Å². The average Bonchev–Trinajstić information content (AvgIpc) is 3.07. The van der Waals surface area contributed by atoms with Crippen molar-refractivity contribution in [2.75, 3.05) is 11.9 Å². The topological polar surface area (TPSA) is 79.4 Å². The Morgan fingerprint density at radius 1 is 1.42 bits per heavy atom. The first-order chi connectivity index (χ1) is 11.3. The second-order valence-electron chi connectivity index (χ2n) is 7.43. The molecule has 6 nitrogen and oxygen atoms in total. The van der Waals surface area contributed by atoms with Gasteiger partial charge in [-0.1, -0.05) is 20.8 Å². The van der Waals surface area contributed by atoms with Crippen LogP contribution >= 0.6 is 11.3 Å². The molecule has 2 atom stereocenters. The molecule has 1 aliphatic carbocycles. The number of thiazole rings is 1. The van der Waals surface area contributed by atoms with Gasteiger partial charge in [-0.2, -0.15) is 0 Å². The van der Waals surface area contributed by atoms with Gasteiger partial charge in [0.1, 0.15) is 0 Å². The van der Waals surface area contributed by atoms with E-state index >= 15 is 0 Å². The van der Waals surface area contributed by atoms with Crippen molar-refractivity contribution in [3.05, 3.63) is 11.6 Å². The summed E-state index contributed by atoms with van der Waals surface area (Å²) in [6.07, 6.45) is 3.90. The Morgan fingerprint density at radius 3 is 2.83 bits per heavy atom. The van der Waals surface area contributed by atoms with Crippen molar-refractivity contribution in [3.63, 3.8) is 0 Å². The summed E-state index contributed by atoms with van der Waals surface area (Å²) in [5.41, 5.74) is -0.769. The SMILES string of the molecule is CC12CCC(C(=O)N(CCCC(=O)Nc3nccs3)C1=O)C2(C)C. The van der Waals surface area contributed by atoms with Crippen molar-refractivity contribution in [1.82, 2.24) is 9.88 Å². The lowest BCUT2D eigenvalue weighted by Gasteiger charge is -2.47. The predicted octanol–water partition coefficient (Wildman–Crippen LogP) is 2.67. The lowest BCUT2D eigenvalue weighted by molar-refractivity contribution is -0.168. The molecule has 7 heteroatoms. The van der Waals surface area contributed by atoms with Crippen molar-refractivity contribution in [3.8, 4) is 0 Å². The van der Waals surface area contributed by atoms with Gasteiger partial charge in [-0.3, -0.25) is 19.3 Å². The van der Waals surface area contributed by atoms with Crippen LogP contribution in [-0.4, -0.2) is 34.2 Å². The van der Waals surface area contributed by atoms with Crippen molar-refractivity contribution in [2.45, 2.75) is 46.5 Å². The van der Waals surface area contributed by atoms with Gasteiger partial charge in [0, 0.05) is 30.5 Å². The fourth-order valence-electron chi connectivity index (χ4n) is 3.98. The first-order valence-electron chi connectivity index (χ1n) is 8.32. The van der Waals surface area contributed by atoms with E-state index in [1.165, 1.54) is 16.2 Å². The maximum atomic E-state index is 12.9. The number of hydrogen-bond acceptors (Lipinski definition) is 5. The molecule has 0 aromatic carbocycles. The number of carbonyl (C=O) groups excluding carboxylic acids is 3. The van der Waals surface area contributed by atoms with Crippen LogP contribution in [0, 0.1) is 16.7 Å². The van der Waals surface area contributed by atoms with Gasteiger partial charge in [0.05, 0.1) is 5.41 Å². The molecular formula is C17H23N3O3S. The number of piperidine rings is 1. The van der Waals surface area contributed by atoms with Gasteiger partial charge in [0.15, 0.2) is 5.13 Å². The van der Waals surface area contributed by atoms with Crippen LogP contribution in [0.4, 0.5) is 5.13 Å². The van der Waals surface area contributed by atoms with Crippen molar-refractivity contribution >= 4 is 34.2 Å². The van der Waals surface area contributed by atoms with Crippen LogP contribution in [0.15, 0.2) is 11.6 Å². The maximum absolute atomic E-state index is 12.9. The van der Waals surface area contributed by atoms with Gasteiger partial charge >= 0.3 is 0 Å². The van der Waals surface area contributed by atoms with Crippen LogP contribution in [0.3, 0.4) is 0 Å². The minimum atomic E-state index is -0.477. The van der Waals surface area contributed by atoms with E-state index in [-0.39, 0.29) is 35.5 Å². The Labute approximate surface area is 145 Å². The largest absolute Gasteiger partial charge is 0.302 e. The molecule has 1 N–H and O–H groups in total. The zero-order valence-corrected chi connectivity index (χ0v) is 15.1. The number of nitrogens with one attached hydrogen (secondary N) is 1. The van der Waals surface area contributed by atoms with Crippen LogP contribution < -0.4 is 5.32 Å². The molecule has 0 radical (unpaired) electrons. The Morgan fingerprint density at radius 2 is 2.17 bits per heavy atom. The van der Waals surface area contributed by atoms with Gasteiger partial charge in [0.25, 0.3) is 0 Å². The lowest BCUT2D eigenvalue weighted by atomic mass is 9.62. The van der Waals surface area contributed by atoms with Gasteiger partial charge in [-0.15, -0.1) is 11.3 Å². The highest BCUT2D eigenvalue weighted by Gasteiger charge is 2.64. The minimum Gasteiger partial charge on any atom is -0.302 e. The fraction of sp³-hybridized carbons (Fsp3) is 0.647. The number of likely N-dealkylation sites (tertiary alicyclic amines) is 1. The maximum Gasteiger partial charge on any atom is 0.235 e. The summed E-state index contributed by atoms with van der Waals surface area (Å²) in [6, 6.07) is 0. The normalized spacial score (nSPS) is 28.3. The highest BCUT2D eigenvalue weighted by molar-refractivity contribution is 7.13. The van der Waals surface area contributed by atoms with Crippen LogP contribution in [0.2, 0.25) is 0 Å². The number of anilines is 1. The van der Waals surface area contributed by atoms with E-state index in [4.69, 9.17) is 0 Å². The van der Waals surface area contributed by atoms with Crippen molar-refractivity contribution in [1.29, 1.82) is 0 Å². The highest BCUT2D eigenvalue weighted by atomic mass is 32.1. The molecule has 1 aromatic rings. The monoisotopic (exact) mass is 349 g/mol. The summed E-state index contributed by atoms with van der Waals surface area (Å²) >= 11 is 1.36. The molecule has 2 unspecified atom stereocenters. The summed E-state index contributed by atoms with van der Waals surface area (Å²) in [4.78, 5) is 42.8. The fourth-order valence-corrected chi connectivity index (χ4v) is 4.52. The summed E-state index contributed by atoms with van der Waals surface area (Å²) in [5.74, 6) is -0.382. The Bertz CT molecular complexity index is 671. The number of nitrogens with zero attached hydrogens (tertiary/aromatic N) is 2. The van der Waals surface area contributed by atoms with E-state index in [2.05, 4.69) is 10.3 Å². The number of hydrogen-bond donors (Lipinski definition) is 1. The molecule has 0 spiro atoms. The number of rotatable bonds is 5. The molecule has 1 saturated carbocycles. The van der Waals surface area contributed by atoms with Crippen LogP contribution in [-0.2, 0) is 14.4 Å². The van der Waals surface area contributed by atoms with Crippen molar-refractivity contribution in [2.24, 2.45) is 16.7 Å². The summed E-state index contributed by atoms with van der Waals surface area (Å²) < 4.78 is 0. The van der Waals surface area contributed by atoms with Gasteiger partial charge in [0.2, 0.25) is 17.7 Å². The third-order valence-electron chi connectivity index (χ3n) is 5.97. The zero-order valence-electron chi connectivity index (χ0n) is 14.3. The molecule has 24 heavy (non-hydrogen) atoms. The second-order valence-corrected chi connectivity index (χ2v) is 8.32. The van der Waals surface area contributed by atoms with E-state index < -0.39 is 5.41 Å².